The van der Waals surface area contributed by atoms with Crippen LogP contribution in [-0.2, 0) is 6.54 Å². The predicted molar refractivity (Wildman–Crippen MR) is 114 cm³/mol. The molecule has 5 nitrogen and oxygen atoms in total. The van der Waals surface area contributed by atoms with Gasteiger partial charge in [-0.3, -0.25) is 4.79 Å². The van der Waals surface area contributed by atoms with E-state index in [0.717, 1.165) is 28.3 Å². The van der Waals surface area contributed by atoms with E-state index in [-0.39, 0.29) is 5.91 Å². The Labute approximate surface area is 167 Å². The second kappa shape index (κ2) is 8.30. The number of aryl methyl sites for hydroxylation is 2. The van der Waals surface area contributed by atoms with E-state index in [4.69, 9.17) is 0 Å². The Hall–Kier alpha value is -3.08. The van der Waals surface area contributed by atoms with E-state index in [1.807, 2.05) is 74.8 Å². The molecule has 3 rings (SSSR count). The lowest BCUT2D eigenvalue weighted by molar-refractivity contribution is 0.0752. The highest BCUT2D eigenvalue weighted by molar-refractivity contribution is 5.94. The maximum atomic E-state index is 13.0. The molecule has 0 fully saturated rings. The molecule has 0 N–H and O–H groups in total. The second-order valence-electron chi connectivity index (χ2n) is 7.27. The zero-order valence-electron chi connectivity index (χ0n) is 17.3. The molecular formula is C23H28N4O. The van der Waals surface area contributed by atoms with Crippen molar-refractivity contribution in [3.63, 3.8) is 0 Å². The molecule has 146 valence electrons. The number of aromatic nitrogens is 2. The molecule has 0 spiro atoms. The monoisotopic (exact) mass is 376 g/mol. The third kappa shape index (κ3) is 4.25. The van der Waals surface area contributed by atoms with Crippen LogP contribution in [0.1, 0.15) is 34.2 Å². The smallest absolute Gasteiger partial charge is 0.254 e. The number of carbonyl (C=O) groups is 1. The molecule has 0 saturated carbocycles. The Morgan fingerprint density at radius 1 is 1.00 bits per heavy atom. The molecule has 1 amide bonds. The summed E-state index contributed by atoms with van der Waals surface area (Å²) in [5, 5.41) is 4.50. The van der Waals surface area contributed by atoms with Gasteiger partial charge in [-0.2, -0.15) is 5.10 Å². The van der Waals surface area contributed by atoms with E-state index in [1.165, 1.54) is 0 Å². The van der Waals surface area contributed by atoms with Gasteiger partial charge in [-0.15, -0.1) is 0 Å². The zero-order chi connectivity index (χ0) is 20.3. The molecule has 0 aliphatic carbocycles. The summed E-state index contributed by atoms with van der Waals surface area (Å²) in [7, 11) is 4.04. The predicted octanol–water partition coefficient (Wildman–Crippen LogP) is 4.22. The molecule has 3 aromatic rings. The molecule has 5 heteroatoms. The Bertz CT molecular complexity index is 940. The molecular weight excluding hydrogens is 348 g/mol. The van der Waals surface area contributed by atoms with Crippen LogP contribution in [0.5, 0.6) is 0 Å². The van der Waals surface area contributed by atoms with E-state index in [9.17, 15) is 4.79 Å². The number of benzene rings is 2. The first kappa shape index (κ1) is 19.7. The average molecular weight is 377 g/mol. The SMILES string of the molecule is CCN(Cc1ccc(N(C)C)cc1)C(=O)c1ccc(-n2nc(C)cc2C)cc1. The molecule has 1 heterocycles. The van der Waals surface area contributed by atoms with E-state index in [1.54, 1.807) is 0 Å². The van der Waals surface area contributed by atoms with Gasteiger partial charge in [-0.05, 0) is 68.8 Å². The molecule has 0 aliphatic heterocycles. The fourth-order valence-corrected chi connectivity index (χ4v) is 3.27. The van der Waals surface area contributed by atoms with Crippen LogP contribution in [0.4, 0.5) is 5.69 Å². The van der Waals surface area contributed by atoms with Crippen LogP contribution in [0, 0.1) is 13.8 Å². The minimum Gasteiger partial charge on any atom is -0.378 e. The third-order valence-corrected chi connectivity index (χ3v) is 4.86. The van der Waals surface area contributed by atoms with Gasteiger partial charge in [0.1, 0.15) is 0 Å². The lowest BCUT2D eigenvalue weighted by Crippen LogP contribution is -2.30. The molecule has 1 aromatic heterocycles. The number of rotatable bonds is 6. The fraction of sp³-hybridized carbons (Fsp3) is 0.304. The Morgan fingerprint density at radius 3 is 2.14 bits per heavy atom. The van der Waals surface area contributed by atoms with Crippen LogP contribution in [0.2, 0.25) is 0 Å². The van der Waals surface area contributed by atoms with Gasteiger partial charge in [-0.1, -0.05) is 12.1 Å². The first-order valence-corrected chi connectivity index (χ1v) is 9.58. The van der Waals surface area contributed by atoms with E-state index in [2.05, 4.69) is 34.3 Å². The molecule has 0 saturated heterocycles. The fourth-order valence-electron chi connectivity index (χ4n) is 3.27. The summed E-state index contributed by atoms with van der Waals surface area (Å²) in [5.74, 6) is 0.0408. The first-order valence-electron chi connectivity index (χ1n) is 9.58. The van der Waals surface area contributed by atoms with Crippen molar-refractivity contribution in [1.29, 1.82) is 0 Å². The summed E-state index contributed by atoms with van der Waals surface area (Å²) in [6, 6.07) is 18.0. The van der Waals surface area contributed by atoms with Crippen LogP contribution in [0.15, 0.2) is 54.6 Å². The Balaban J connectivity index is 1.74. The quantitative estimate of drug-likeness (QED) is 0.647. The van der Waals surface area contributed by atoms with Crippen molar-refractivity contribution in [2.75, 3.05) is 25.5 Å². The summed E-state index contributed by atoms with van der Waals surface area (Å²) in [6.45, 7) is 7.27. The van der Waals surface area contributed by atoms with Crippen LogP contribution < -0.4 is 4.90 Å². The van der Waals surface area contributed by atoms with Gasteiger partial charge in [0, 0.05) is 44.1 Å². The van der Waals surface area contributed by atoms with Gasteiger partial charge >= 0.3 is 0 Å². The molecule has 0 radical (unpaired) electrons. The highest BCUT2D eigenvalue weighted by Gasteiger charge is 2.15. The maximum absolute atomic E-state index is 13.0. The first-order chi connectivity index (χ1) is 13.4. The summed E-state index contributed by atoms with van der Waals surface area (Å²) in [5.41, 5.74) is 5.99. The highest BCUT2D eigenvalue weighted by Crippen LogP contribution is 2.17. The number of carbonyl (C=O) groups excluding carboxylic acids is 1. The van der Waals surface area contributed by atoms with Crippen LogP contribution in [0.25, 0.3) is 5.69 Å². The van der Waals surface area contributed by atoms with Gasteiger partial charge in [0.2, 0.25) is 0 Å². The lowest BCUT2D eigenvalue weighted by Gasteiger charge is -2.22. The standard InChI is InChI=1S/C23H28N4O/c1-6-26(16-19-7-11-21(12-8-19)25(4)5)23(28)20-9-13-22(14-10-20)27-18(3)15-17(2)24-27/h7-15H,6,16H2,1-5H3. The van der Waals surface area contributed by atoms with Crippen molar-refractivity contribution in [3.8, 4) is 5.69 Å². The lowest BCUT2D eigenvalue weighted by atomic mass is 10.1. The minimum atomic E-state index is 0.0408. The number of hydrogen-bond donors (Lipinski definition) is 0. The van der Waals surface area contributed by atoms with Crippen molar-refractivity contribution in [2.45, 2.75) is 27.3 Å². The Kier molecular flexibility index (Phi) is 5.83. The minimum absolute atomic E-state index is 0.0408. The largest absolute Gasteiger partial charge is 0.378 e. The van der Waals surface area contributed by atoms with Crippen LogP contribution in [-0.4, -0.2) is 41.2 Å². The summed E-state index contributed by atoms with van der Waals surface area (Å²) >= 11 is 0. The molecule has 0 aliphatic rings. The molecule has 0 bridgehead atoms. The average Bonchev–Trinajstić information content (AvgIpc) is 3.04. The van der Waals surface area contributed by atoms with Crippen molar-refractivity contribution in [1.82, 2.24) is 14.7 Å². The third-order valence-electron chi connectivity index (χ3n) is 4.86. The highest BCUT2D eigenvalue weighted by atomic mass is 16.2. The van der Waals surface area contributed by atoms with E-state index < -0.39 is 0 Å². The maximum Gasteiger partial charge on any atom is 0.254 e. The van der Waals surface area contributed by atoms with Crippen molar-refractivity contribution in [3.05, 3.63) is 77.1 Å². The number of nitrogens with zero attached hydrogens (tertiary/aromatic N) is 4. The molecule has 0 atom stereocenters. The summed E-state index contributed by atoms with van der Waals surface area (Å²) in [4.78, 5) is 16.9. The Morgan fingerprint density at radius 2 is 1.64 bits per heavy atom. The molecule has 2 aromatic carbocycles. The van der Waals surface area contributed by atoms with Gasteiger partial charge < -0.3 is 9.80 Å². The van der Waals surface area contributed by atoms with Crippen LogP contribution in [0.3, 0.4) is 0 Å². The van der Waals surface area contributed by atoms with Gasteiger partial charge in [0.15, 0.2) is 0 Å². The van der Waals surface area contributed by atoms with Gasteiger partial charge in [-0.25, -0.2) is 4.68 Å². The van der Waals surface area contributed by atoms with Crippen LogP contribution >= 0.6 is 0 Å². The number of amides is 1. The summed E-state index contributed by atoms with van der Waals surface area (Å²) < 4.78 is 1.90. The van der Waals surface area contributed by atoms with Crippen molar-refractivity contribution in [2.24, 2.45) is 0 Å². The van der Waals surface area contributed by atoms with Crippen molar-refractivity contribution >= 4 is 11.6 Å². The van der Waals surface area contributed by atoms with E-state index in [0.29, 0.717) is 18.7 Å². The van der Waals surface area contributed by atoms with Crippen molar-refractivity contribution < 1.29 is 4.79 Å². The zero-order valence-corrected chi connectivity index (χ0v) is 17.3. The molecule has 0 unspecified atom stereocenters. The second-order valence-corrected chi connectivity index (χ2v) is 7.27. The molecule has 28 heavy (non-hydrogen) atoms. The van der Waals surface area contributed by atoms with E-state index >= 15 is 0 Å². The normalized spacial score (nSPS) is 10.8. The topological polar surface area (TPSA) is 41.4 Å². The van der Waals surface area contributed by atoms with Gasteiger partial charge in [0.05, 0.1) is 11.4 Å². The number of anilines is 1. The summed E-state index contributed by atoms with van der Waals surface area (Å²) in [6.07, 6.45) is 0. The number of hydrogen-bond acceptors (Lipinski definition) is 3. The van der Waals surface area contributed by atoms with Gasteiger partial charge in [0.25, 0.3) is 5.91 Å².